The third-order valence-corrected chi connectivity index (χ3v) is 2.94. The molecule has 0 fully saturated rings. The van der Waals surface area contributed by atoms with Crippen LogP contribution in [0.25, 0.3) is 5.69 Å². The Labute approximate surface area is 115 Å². The minimum Gasteiger partial charge on any atom is -0.366 e. The van der Waals surface area contributed by atoms with Gasteiger partial charge >= 0.3 is 0 Å². The van der Waals surface area contributed by atoms with Crippen molar-refractivity contribution in [2.75, 3.05) is 5.32 Å². The lowest BCUT2D eigenvalue weighted by Crippen LogP contribution is -2.01. The minimum atomic E-state index is -0.333. The first-order chi connectivity index (χ1) is 9.81. The number of benzene rings is 1. The standard InChI is InChI=1S/C15H13FN4/c16-13-3-6-15(19-10-13)18-9-12-1-4-14(5-2-12)20-8-7-17-11-20/h1-8,10-11H,9H2,(H,18,19). The van der Waals surface area contributed by atoms with E-state index in [0.29, 0.717) is 12.4 Å². The highest BCUT2D eigenvalue weighted by atomic mass is 19.1. The Morgan fingerprint density at radius 3 is 2.60 bits per heavy atom. The van der Waals surface area contributed by atoms with Crippen LogP contribution in [0.15, 0.2) is 61.3 Å². The van der Waals surface area contributed by atoms with E-state index in [-0.39, 0.29) is 5.82 Å². The second-order valence-electron chi connectivity index (χ2n) is 4.35. The number of halogens is 1. The number of nitrogens with one attached hydrogen (secondary N) is 1. The second kappa shape index (κ2) is 5.52. The summed E-state index contributed by atoms with van der Waals surface area (Å²) in [6, 6.07) is 11.1. The fourth-order valence-corrected chi connectivity index (χ4v) is 1.87. The SMILES string of the molecule is Fc1ccc(NCc2ccc(-n3ccnc3)cc2)nc1. The van der Waals surface area contributed by atoms with Gasteiger partial charge in [-0.15, -0.1) is 0 Å². The maximum absolute atomic E-state index is 12.7. The van der Waals surface area contributed by atoms with Crippen molar-refractivity contribution in [2.45, 2.75) is 6.54 Å². The van der Waals surface area contributed by atoms with Gasteiger partial charge < -0.3 is 9.88 Å². The monoisotopic (exact) mass is 268 g/mol. The van der Waals surface area contributed by atoms with Crippen LogP contribution in [-0.4, -0.2) is 14.5 Å². The molecule has 1 aromatic carbocycles. The van der Waals surface area contributed by atoms with Crippen molar-refractivity contribution in [1.29, 1.82) is 0 Å². The highest BCUT2D eigenvalue weighted by Crippen LogP contribution is 2.11. The Morgan fingerprint density at radius 1 is 1.10 bits per heavy atom. The summed E-state index contributed by atoms with van der Waals surface area (Å²) in [5.74, 6) is 0.324. The van der Waals surface area contributed by atoms with Crippen LogP contribution in [0.1, 0.15) is 5.56 Å². The molecule has 0 aliphatic rings. The Hall–Kier alpha value is -2.69. The zero-order valence-electron chi connectivity index (χ0n) is 10.7. The van der Waals surface area contributed by atoms with E-state index < -0.39 is 0 Å². The lowest BCUT2D eigenvalue weighted by molar-refractivity contribution is 0.621. The van der Waals surface area contributed by atoms with Crippen molar-refractivity contribution in [3.63, 3.8) is 0 Å². The van der Waals surface area contributed by atoms with E-state index in [1.165, 1.54) is 12.3 Å². The molecule has 0 amide bonds. The Balaban J connectivity index is 1.65. The Kier molecular flexibility index (Phi) is 3.41. The summed E-state index contributed by atoms with van der Waals surface area (Å²) < 4.78 is 14.7. The van der Waals surface area contributed by atoms with Gasteiger partial charge in [-0.05, 0) is 29.8 Å². The zero-order valence-corrected chi connectivity index (χ0v) is 10.7. The zero-order chi connectivity index (χ0) is 13.8. The van der Waals surface area contributed by atoms with Gasteiger partial charge in [0.1, 0.15) is 11.6 Å². The van der Waals surface area contributed by atoms with Gasteiger partial charge in [-0.25, -0.2) is 14.4 Å². The molecule has 0 aliphatic heterocycles. The molecular weight excluding hydrogens is 255 g/mol. The van der Waals surface area contributed by atoms with E-state index in [1.54, 1.807) is 18.6 Å². The quantitative estimate of drug-likeness (QED) is 0.791. The summed E-state index contributed by atoms with van der Waals surface area (Å²) in [5.41, 5.74) is 2.19. The third-order valence-electron chi connectivity index (χ3n) is 2.94. The molecule has 5 heteroatoms. The molecule has 3 aromatic rings. The van der Waals surface area contributed by atoms with Crippen LogP contribution in [0.4, 0.5) is 10.2 Å². The molecule has 0 saturated carbocycles. The average Bonchev–Trinajstić information content (AvgIpc) is 3.01. The van der Waals surface area contributed by atoms with Crippen LogP contribution >= 0.6 is 0 Å². The van der Waals surface area contributed by atoms with E-state index in [1.807, 2.05) is 35.0 Å². The van der Waals surface area contributed by atoms with Crippen molar-refractivity contribution < 1.29 is 4.39 Å². The predicted molar refractivity (Wildman–Crippen MR) is 75.1 cm³/mol. The van der Waals surface area contributed by atoms with Crippen LogP contribution in [0, 0.1) is 5.82 Å². The van der Waals surface area contributed by atoms with Crippen LogP contribution in [0.5, 0.6) is 0 Å². The fraction of sp³-hybridized carbons (Fsp3) is 0.0667. The topological polar surface area (TPSA) is 42.7 Å². The van der Waals surface area contributed by atoms with Gasteiger partial charge in [-0.3, -0.25) is 0 Å². The molecule has 3 rings (SSSR count). The third kappa shape index (κ3) is 2.83. The minimum absolute atomic E-state index is 0.333. The van der Waals surface area contributed by atoms with E-state index >= 15 is 0 Å². The molecule has 0 saturated heterocycles. The predicted octanol–water partition coefficient (Wildman–Crippen LogP) is 3.02. The maximum atomic E-state index is 12.7. The number of hydrogen-bond acceptors (Lipinski definition) is 3. The number of hydrogen-bond donors (Lipinski definition) is 1. The highest BCUT2D eigenvalue weighted by Gasteiger charge is 1.98. The number of pyridine rings is 1. The van der Waals surface area contributed by atoms with Gasteiger partial charge in [0, 0.05) is 24.6 Å². The van der Waals surface area contributed by atoms with Crippen LogP contribution in [-0.2, 0) is 6.54 Å². The van der Waals surface area contributed by atoms with Gasteiger partial charge in [-0.2, -0.15) is 0 Å². The van der Waals surface area contributed by atoms with Crippen molar-refractivity contribution in [3.8, 4) is 5.69 Å². The molecule has 0 spiro atoms. The fourth-order valence-electron chi connectivity index (χ4n) is 1.87. The number of anilines is 1. The summed E-state index contributed by atoms with van der Waals surface area (Å²) in [7, 11) is 0. The number of nitrogens with zero attached hydrogens (tertiary/aromatic N) is 3. The van der Waals surface area contributed by atoms with E-state index in [4.69, 9.17) is 0 Å². The largest absolute Gasteiger partial charge is 0.366 e. The van der Waals surface area contributed by atoms with Gasteiger partial charge in [0.05, 0.1) is 12.5 Å². The molecule has 0 radical (unpaired) electrons. The number of imidazole rings is 1. The molecule has 0 unspecified atom stereocenters. The number of rotatable bonds is 4. The van der Waals surface area contributed by atoms with Crippen molar-refractivity contribution in [2.24, 2.45) is 0 Å². The Morgan fingerprint density at radius 2 is 1.95 bits per heavy atom. The molecule has 0 atom stereocenters. The van der Waals surface area contributed by atoms with Crippen LogP contribution < -0.4 is 5.32 Å². The van der Waals surface area contributed by atoms with Crippen molar-refractivity contribution in [1.82, 2.24) is 14.5 Å². The number of aromatic nitrogens is 3. The van der Waals surface area contributed by atoms with Gasteiger partial charge in [0.15, 0.2) is 0 Å². The van der Waals surface area contributed by atoms with Crippen molar-refractivity contribution >= 4 is 5.82 Å². The summed E-state index contributed by atoms with van der Waals surface area (Å²) in [5, 5.41) is 3.15. The van der Waals surface area contributed by atoms with E-state index in [2.05, 4.69) is 15.3 Å². The summed E-state index contributed by atoms with van der Waals surface area (Å²) in [6.07, 6.45) is 6.60. The van der Waals surface area contributed by atoms with Gasteiger partial charge in [-0.1, -0.05) is 12.1 Å². The second-order valence-corrected chi connectivity index (χ2v) is 4.35. The highest BCUT2D eigenvalue weighted by molar-refractivity contribution is 5.38. The van der Waals surface area contributed by atoms with Crippen LogP contribution in [0.2, 0.25) is 0 Å². The molecule has 20 heavy (non-hydrogen) atoms. The van der Waals surface area contributed by atoms with Gasteiger partial charge in [0.25, 0.3) is 0 Å². The molecular formula is C15H13FN4. The van der Waals surface area contributed by atoms with Gasteiger partial charge in [0.2, 0.25) is 0 Å². The average molecular weight is 268 g/mol. The molecule has 2 heterocycles. The molecule has 0 bridgehead atoms. The molecule has 1 N–H and O–H groups in total. The van der Waals surface area contributed by atoms with Crippen molar-refractivity contribution in [3.05, 3.63) is 72.7 Å². The maximum Gasteiger partial charge on any atom is 0.141 e. The molecule has 2 aromatic heterocycles. The smallest absolute Gasteiger partial charge is 0.141 e. The lowest BCUT2D eigenvalue weighted by atomic mass is 10.2. The lowest BCUT2D eigenvalue weighted by Gasteiger charge is -2.07. The Bertz CT molecular complexity index is 660. The summed E-state index contributed by atoms with van der Waals surface area (Å²) >= 11 is 0. The first-order valence-corrected chi connectivity index (χ1v) is 6.24. The summed E-state index contributed by atoms with van der Waals surface area (Å²) in [6.45, 7) is 0.642. The van der Waals surface area contributed by atoms with E-state index in [9.17, 15) is 4.39 Å². The van der Waals surface area contributed by atoms with E-state index in [0.717, 1.165) is 11.3 Å². The summed E-state index contributed by atoms with van der Waals surface area (Å²) in [4.78, 5) is 7.97. The molecule has 0 aliphatic carbocycles. The normalized spacial score (nSPS) is 10.4. The van der Waals surface area contributed by atoms with Crippen LogP contribution in [0.3, 0.4) is 0 Å². The first kappa shape index (κ1) is 12.3. The first-order valence-electron chi connectivity index (χ1n) is 6.24. The molecule has 100 valence electrons. The molecule has 4 nitrogen and oxygen atoms in total.